The molecule has 0 aromatic heterocycles. The maximum atomic E-state index is 11.3. The van der Waals surface area contributed by atoms with Crippen LogP contribution in [0.3, 0.4) is 0 Å². The van der Waals surface area contributed by atoms with Gasteiger partial charge in [-0.3, -0.25) is 9.59 Å². The number of ether oxygens (including phenoxy) is 1. The Labute approximate surface area is 119 Å². The first-order chi connectivity index (χ1) is 9.11. The summed E-state index contributed by atoms with van der Waals surface area (Å²) in [7, 11) is 0. The van der Waals surface area contributed by atoms with Gasteiger partial charge in [-0.2, -0.15) is 0 Å². The van der Waals surface area contributed by atoms with Crippen molar-refractivity contribution >= 4 is 17.9 Å². The number of nitrogens with two attached hydrogens (primary N) is 1. The number of hydrogen-bond acceptors (Lipinski definition) is 4. The molecule has 0 aromatic carbocycles. The molecular weight excluding hydrogens is 262 g/mol. The number of alkyl carbamates (subject to hydrolysis) is 1. The third-order valence-corrected chi connectivity index (χ3v) is 2.31. The number of hydrogen-bond donors (Lipinski definition) is 3. The van der Waals surface area contributed by atoms with E-state index in [0.717, 1.165) is 0 Å². The van der Waals surface area contributed by atoms with Gasteiger partial charge in [0.25, 0.3) is 0 Å². The lowest BCUT2D eigenvalue weighted by atomic mass is 10.1. The molecule has 0 saturated carbocycles. The maximum absolute atomic E-state index is 11.3. The van der Waals surface area contributed by atoms with E-state index in [2.05, 4.69) is 10.6 Å². The van der Waals surface area contributed by atoms with Crippen molar-refractivity contribution in [3.8, 4) is 0 Å². The Kier molecular flexibility index (Phi) is 7.64. The molecule has 0 aliphatic heterocycles. The zero-order valence-electron chi connectivity index (χ0n) is 12.6. The summed E-state index contributed by atoms with van der Waals surface area (Å²) >= 11 is 0. The molecule has 0 aliphatic carbocycles. The highest BCUT2D eigenvalue weighted by Gasteiger charge is 2.17. The van der Waals surface area contributed by atoms with Crippen LogP contribution < -0.4 is 16.4 Å². The minimum Gasteiger partial charge on any atom is -0.444 e. The van der Waals surface area contributed by atoms with Crippen molar-refractivity contribution in [3.05, 3.63) is 0 Å². The van der Waals surface area contributed by atoms with Gasteiger partial charge in [0.1, 0.15) is 11.6 Å². The molecule has 7 heteroatoms. The van der Waals surface area contributed by atoms with Crippen LogP contribution in [0.2, 0.25) is 0 Å². The average Bonchev–Trinajstić information content (AvgIpc) is 2.23. The molecule has 4 N–H and O–H groups in total. The van der Waals surface area contributed by atoms with E-state index < -0.39 is 23.6 Å². The Hall–Kier alpha value is -1.79. The van der Waals surface area contributed by atoms with E-state index in [9.17, 15) is 14.4 Å². The smallest absolute Gasteiger partial charge is 0.407 e. The molecule has 0 aliphatic rings. The fourth-order valence-corrected chi connectivity index (χ4v) is 1.51. The number of carbonyl (C=O) groups is 3. The van der Waals surface area contributed by atoms with Crippen molar-refractivity contribution in [1.82, 2.24) is 10.6 Å². The van der Waals surface area contributed by atoms with Crippen molar-refractivity contribution in [2.75, 3.05) is 6.54 Å². The van der Waals surface area contributed by atoms with Gasteiger partial charge in [-0.15, -0.1) is 0 Å². The lowest BCUT2D eigenvalue weighted by Gasteiger charge is -2.19. The molecule has 0 heterocycles. The van der Waals surface area contributed by atoms with Gasteiger partial charge in [0.05, 0.1) is 0 Å². The molecule has 0 radical (unpaired) electrons. The van der Waals surface area contributed by atoms with Crippen LogP contribution in [0.15, 0.2) is 0 Å². The van der Waals surface area contributed by atoms with Crippen molar-refractivity contribution in [2.45, 2.75) is 58.6 Å². The molecule has 20 heavy (non-hydrogen) atoms. The molecule has 1 atom stereocenters. The highest BCUT2D eigenvalue weighted by molar-refractivity contribution is 5.85. The summed E-state index contributed by atoms with van der Waals surface area (Å²) in [6.45, 7) is 7.15. The SMILES string of the molecule is CC(=O)N[C@@H](CCCCNC(=O)OC(C)(C)C)C(N)=O. The lowest BCUT2D eigenvalue weighted by molar-refractivity contribution is -0.126. The summed E-state index contributed by atoms with van der Waals surface area (Å²) < 4.78 is 5.08. The van der Waals surface area contributed by atoms with Gasteiger partial charge < -0.3 is 21.1 Å². The van der Waals surface area contributed by atoms with E-state index in [0.29, 0.717) is 25.8 Å². The second-order valence-corrected chi connectivity index (χ2v) is 5.58. The minimum absolute atomic E-state index is 0.291. The first-order valence-electron chi connectivity index (χ1n) is 6.65. The Morgan fingerprint density at radius 1 is 1.20 bits per heavy atom. The summed E-state index contributed by atoms with van der Waals surface area (Å²) in [5, 5.41) is 5.10. The molecule has 0 bridgehead atoms. The van der Waals surface area contributed by atoms with Crippen molar-refractivity contribution in [3.63, 3.8) is 0 Å². The predicted octanol–water partition coefficient (Wildman–Crippen LogP) is 0.671. The second-order valence-electron chi connectivity index (χ2n) is 5.58. The Morgan fingerprint density at radius 2 is 1.80 bits per heavy atom. The molecule has 0 aromatic rings. The number of carbonyl (C=O) groups excluding carboxylic acids is 3. The molecule has 7 nitrogen and oxygen atoms in total. The van der Waals surface area contributed by atoms with Gasteiger partial charge in [0, 0.05) is 13.5 Å². The monoisotopic (exact) mass is 287 g/mol. The van der Waals surface area contributed by atoms with E-state index in [-0.39, 0.29) is 5.91 Å². The van der Waals surface area contributed by atoms with Crippen LogP contribution in [-0.2, 0) is 14.3 Å². The highest BCUT2D eigenvalue weighted by atomic mass is 16.6. The van der Waals surface area contributed by atoms with Crippen molar-refractivity contribution in [2.24, 2.45) is 5.73 Å². The molecule has 0 saturated heterocycles. The van der Waals surface area contributed by atoms with Crippen LogP contribution in [0.4, 0.5) is 4.79 Å². The van der Waals surface area contributed by atoms with Crippen molar-refractivity contribution < 1.29 is 19.1 Å². The van der Waals surface area contributed by atoms with E-state index in [1.165, 1.54) is 6.92 Å². The molecule has 0 spiro atoms. The zero-order valence-corrected chi connectivity index (χ0v) is 12.6. The number of rotatable bonds is 7. The Bertz CT molecular complexity index is 350. The van der Waals surface area contributed by atoms with Gasteiger partial charge in [0.2, 0.25) is 11.8 Å². The standard InChI is InChI=1S/C13H25N3O4/c1-9(17)16-10(11(14)18)7-5-6-8-15-12(19)20-13(2,3)4/h10H,5-8H2,1-4H3,(H2,14,18)(H,15,19)(H,16,17)/t10-/m0/s1. The van der Waals surface area contributed by atoms with E-state index in [1.54, 1.807) is 20.8 Å². The van der Waals surface area contributed by atoms with Crippen LogP contribution in [0.1, 0.15) is 47.0 Å². The van der Waals surface area contributed by atoms with Crippen molar-refractivity contribution in [1.29, 1.82) is 0 Å². The Morgan fingerprint density at radius 3 is 2.25 bits per heavy atom. The number of primary amides is 1. The average molecular weight is 287 g/mol. The van der Waals surface area contributed by atoms with Gasteiger partial charge in [0.15, 0.2) is 0 Å². The van der Waals surface area contributed by atoms with Crippen LogP contribution in [0.5, 0.6) is 0 Å². The van der Waals surface area contributed by atoms with Gasteiger partial charge in [-0.1, -0.05) is 0 Å². The number of unbranched alkanes of at least 4 members (excludes halogenated alkanes) is 1. The molecular formula is C13H25N3O4. The zero-order chi connectivity index (χ0) is 15.8. The van der Waals surface area contributed by atoms with Crippen LogP contribution >= 0.6 is 0 Å². The molecule has 0 fully saturated rings. The second kappa shape index (κ2) is 8.39. The lowest BCUT2D eigenvalue weighted by Crippen LogP contribution is -2.43. The van der Waals surface area contributed by atoms with Gasteiger partial charge >= 0.3 is 6.09 Å². The molecule has 0 unspecified atom stereocenters. The minimum atomic E-state index is -0.658. The molecule has 3 amide bonds. The van der Waals surface area contributed by atoms with Crippen LogP contribution in [0, 0.1) is 0 Å². The number of nitrogens with one attached hydrogen (secondary N) is 2. The van der Waals surface area contributed by atoms with E-state index in [1.807, 2.05) is 0 Å². The number of amides is 3. The largest absolute Gasteiger partial charge is 0.444 e. The fraction of sp³-hybridized carbons (Fsp3) is 0.769. The van der Waals surface area contributed by atoms with Crippen LogP contribution in [-0.4, -0.2) is 36.1 Å². The summed E-state index contributed by atoms with van der Waals surface area (Å²) in [4.78, 5) is 33.3. The summed E-state index contributed by atoms with van der Waals surface area (Å²) in [6.07, 6.45) is 1.31. The molecule has 116 valence electrons. The molecule has 0 rings (SSSR count). The fourth-order valence-electron chi connectivity index (χ4n) is 1.51. The highest BCUT2D eigenvalue weighted by Crippen LogP contribution is 2.06. The Balaban J connectivity index is 3.82. The first-order valence-corrected chi connectivity index (χ1v) is 6.65. The normalized spacial score (nSPS) is 12.4. The van der Waals surface area contributed by atoms with E-state index in [4.69, 9.17) is 10.5 Å². The summed E-state index contributed by atoms with van der Waals surface area (Å²) in [6, 6.07) is -0.658. The third-order valence-electron chi connectivity index (χ3n) is 2.31. The summed E-state index contributed by atoms with van der Waals surface area (Å²) in [5.74, 6) is -0.846. The topological polar surface area (TPSA) is 111 Å². The van der Waals surface area contributed by atoms with Crippen LogP contribution in [0.25, 0.3) is 0 Å². The van der Waals surface area contributed by atoms with Gasteiger partial charge in [-0.05, 0) is 40.0 Å². The summed E-state index contributed by atoms with van der Waals surface area (Å²) in [5.41, 5.74) is 4.65. The predicted molar refractivity (Wildman–Crippen MR) is 74.9 cm³/mol. The maximum Gasteiger partial charge on any atom is 0.407 e. The van der Waals surface area contributed by atoms with Gasteiger partial charge in [-0.25, -0.2) is 4.79 Å². The third kappa shape index (κ3) is 10.2. The van der Waals surface area contributed by atoms with E-state index >= 15 is 0 Å². The quantitative estimate of drug-likeness (QED) is 0.598. The first kappa shape index (κ1) is 18.2.